The minimum absolute atomic E-state index is 0.407. The van der Waals surface area contributed by atoms with Gasteiger partial charge in [-0.1, -0.05) is 11.6 Å². The first kappa shape index (κ1) is 23.6. The Morgan fingerprint density at radius 2 is 1.95 bits per heavy atom. The Kier molecular flexibility index (Phi) is 5.99. The van der Waals surface area contributed by atoms with Crippen molar-refractivity contribution in [1.29, 1.82) is 0 Å². The van der Waals surface area contributed by atoms with Crippen LogP contribution in [0.1, 0.15) is 24.4 Å². The molecule has 10 heteroatoms. The molecule has 1 aromatic carbocycles. The van der Waals surface area contributed by atoms with Gasteiger partial charge in [-0.3, -0.25) is 14.5 Å². The second-order valence-electron chi connectivity index (χ2n) is 10.3. The molecule has 0 amide bonds. The fraction of sp³-hybridized carbons (Fsp3) is 0.357. The van der Waals surface area contributed by atoms with Crippen LogP contribution in [-0.2, 0) is 6.54 Å². The minimum atomic E-state index is 0.407. The lowest BCUT2D eigenvalue weighted by Gasteiger charge is -2.47. The highest BCUT2D eigenvalue weighted by atomic mass is 35.5. The summed E-state index contributed by atoms with van der Waals surface area (Å²) in [4.78, 5) is 21.7. The first-order valence-corrected chi connectivity index (χ1v) is 13.4. The van der Waals surface area contributed by atoms with Gasteiger partial charge in [0.05, 0.1) is 30.6 Å². The number of piperidine rings is 1. The number of hydrogen-bond donors (Lipinski definition) is 1. The standard InChI is InChI=1S/C28H29ClN8O/c1-38-23-2-3-25-18(11-23)10-19(27(29)34-25)13-35-8-5-21(6-9-35)36-15-22(16-36)37-14-20(12-33-37)26-24-4-7-30-28(24)32-17-31-26/h2-4,7,10-12,14,17,21-22H,5-6,8-9,13,15-16H2,1H3,(H,30,31,32). The van der Waals surface area contributed by atoms with Crippen molar-refractivity contribution in [3.8, 4) is 17.0 Å². The van der Waals surface area contributed by atoms with Gasteiger partial charge in [0.15, 0.2) is 0 Å². The average molecular weight is 529 g/mol. The van der Waals surface area contributed by atoms with Gasteiger partial charge in [-0.25, -0.2) is 15.0 Å². The van der Waals surface area contributed by atoms with Crippen LogP contribution in [0.4, 0.5) is 0 Å². The molecule has 2 aliphatic heterocycles. The summed E-state index contributed by atoms with van der Waals surface area (Å²) in [6, 6.07) is 11.1. The second-order valence-corrected chi connectivity index (χ2v) is 10.6. The van der Waals surface area contributed by atoms with Crippen molar-refractivity contribution in [3.63, 3.8) is 0 Å². The van der Waals surface area contributed by atoms with E-state index in [-0.39, 0.29) is 0 Å². The Morgan fingerprint density at radius 3 is 2.79 bits per heavy atom. The number of fused-ring (bicyclic) bond motifs is 2. The number of aromatic amines is 1. The highest BCUT2D eigenvalue weighted by Crippen LogP contribution is 2.31. The van der Waals surface area contributed by atoms with Gasteiger partial charge in [-0.2, -0.15) is 5.10 Å². The molecule has 2 saturated heterocycles. The lowest BCUT2D eigenvalue weighted by atomic mass is 9.97. The Balaban J connectivity index is 0.947. The third-order valence-electron chi connectivity index (χ3n) is 8.01. The third-order valence-corrected chi connectivity index (χ3v) is 8.34. The molecule has 0 radical (unpaired) electrons. The number of nitrogens with zero attached hydrogens (tertiary/aromatic N) is 7. The number of hydrogen-bond acceptors (Lipinski definition) is 7. The third kappa shape index (κ3) is 4.30. The summed E-state index contributed by atoms with van der Waals surface area (Å²) < 4.78 is 7.48. The van der Waals surface area contributed by atoms with Gasteiger partial charge in [0.2, 0.25) is 0 Å². The maximum atomic E-state index is 6.55. The van der Waals surface area contributed by atoms with Crippen LogP contribution in [0.5, 0.6) is 5.75 Å². The molecular weight excluding hydrogens is 500 g/mol. The summed E-state index contributed by atoms with van der Waals surface area (Å²) in [7, 11) is 1.68. The smallest absolute Gasteiger partial charge is 0.141 e. The van der Waals surface area contributed by atoms with Crippen molar-refractivity contribution in [1.82, 2.24) is 39.5 Å². The van der Waals surface area contributed by atoms with Crippen LogP contribution in [0.15, 0.2) is 55.2 Å². The molecule has 0 atom stereocenters. The Labute approximate surface area is 225 Å². The monoisotopic (exact) mass is 528 g/mol. The van der Waals surface area contributed by atoms with E-state index in [0.717, 1.165) is 90.1 Å². The maximum absolute atomic E-state index is 6.55. The Bertz CT molecular complexity index is 1600. The molecule has 4 aromatic heterocycles. The van der Waals surface area contributed by atoms with Crippen molar-refractivity contribution >= 4 is 33.5 Å². The molecule has 9 nitrogen and oxygen atoms in total. The van der Waals surface area contributed by atoms with Crippen molar-refractivity contribution in [2.24, 2.45) is 0 Å². The summed E-state index contributed by atoms with van der Waals surface area (Å²) in [6.07, 6.45) is 9.86. The van der Waals surface area contributed by atoms with Crippen molar-refractivity contribution in [2.75, 3.05) is 33.3 Å². The predicted molar refractivity (Wildman–Crippen MR) is 147 cm³/mol. The molecule has 6 heterocycles. The lowest BCUT2D eigenvalue weighted by Crippen LogP contribution is -2.55. The summed E-state index contributed by atoms with van der Waals surface area (Å²) in [6.45, 7) is 5.02. The molecule has 2 aliphatic rings. The quantitative estimate of drug-likeness (QED) is 0.323. The molecule has 2 fully saturated rings. The van der Waals surface area contributed by atoms with E-state index >= 15 is 0 Å². The molecule has 0 bridgehead atoms. The van der Waals surface area contributed by atoms with Gasteiger partial charge in [0.25, 0.3) is 0 Å². The van der Waals surface area contributed by atoms with Crippen molar-refractivity contribution < 1.29 is 4.74 Å². The fourth-order valence-electron chi connectivity index (χ4n) is 5.81. The molecule has 1 N–H and O–H groups in total. The largest absolute Gasteiger partial charge is 0.497 e. The van der Waals surface area contributed by atoms with Crippen molar-refractivity contribution in [3.05, 3.63) is 66.0 Å². The summed E-state index contributed by atoms with van der Waals surface area (Å²) >= 11 is 6.55. The average Bonchev–Trinajstić information content (AvgIpc) is 3.59. The first-order chi connectivity index (χ1) is 18.6. The van der Waals surface area contributed by atoms with Crippen LogP contribution < -0.4 is 4.74 Å². The number of pyridine rings is 1. The van der Waals surface area contributed by atoms with E-state index in [2.05, 4.69) is 51.8 Å². The molecule has 194 valence electrons. The summed E-state index contributed by atoms with van der Waals surface area (Å²) in [5.74, 6) is 0.833. The normalized spacial score (nSPS) is 17.8. The van der Waals surface area contributed by atoms with Gasteiger partial charge in [-0.05, 0) is 56.3 Å². The molecule has 38 heavy (non-hydrogen) atoms. The van der Waals surface area contributed by atoms with E-state index in [9.17, 15) is 0 Å². The summed E-state index contributed by atoms with van der Waals surface area (Å²) in [5.41, 5.74) is 4.77. The van der Waals surface area contributed by atoms with E-state index in [0.29, 0.717) is 17.2 Å². The molecule has 0 aliphatic carbocycles. The number of nitrogens with one attached hydrogen (secondary N) is 1. The van der Waals surface area contributed by atoms with E-state index < -0.39 is 0 Å². The predicted octanol–water partition coefficient (Wildman–Crippen LogP) is 4.55. The SMILES string of the molecule is COc1ccc2nc(Cl)c(CN3CCC(N4CC(n5cc(-c6ncnc7[nH]ccc67)cn5)C4)CC3)cc2c1. The molecule has 5 aromatic rings. The second kappa shape index (κ2) is 9.65. The molecular formula is C28H29ClN8O. The van der Waals surface area contributed by atoms with E-state index in [1.165, 1.54) is 0 Å². The van der Waals surface area contributed by atoms with E-state index in [4.69, 9.17) is 16.3 Å². The van der Waals surface area contributed by atoms with Crippen molar-refractivity contribution in [2.45, 2.75) is 31.5 Å². The Hall–Kier alpha value is -3.53. The number of ether oxygens (including phenoxy) is 1. The van der Waals surface area contributed by atoms with Crippen LogP contribution in [0.3, 0.4) is 0 Å². The number of H-pyrrole nitrogens is 1. The number of benzene rings is 1. The maximum Gasteiger partial charge on any atom is 0.141 e. The number of likely N-dealkylation sites (tertiary alicyclic amines) is 2. The zero-order valence-corrected chi connectivity index (χ0v) is 22.0. The number of methoxy groups -OCH3 is 1. The highest BCUT2D eigenvalue weighted by Gasteiger charge is 2.35. The highest BCUT2D eigenvalue weighted by molar-refractivity contribution is 6.30. The van der Waals surface area contributed by atoms with Crippen LogP contribution in [-0.4, -0.2) is 78.8 Å². The van der Waals surface area contributed by atoms with Gasteiger partial charge in [0.1, 0.15) is 22.9 Å². The van der Waals surface area contributed by atoms with Crippen LogP contribution in [0.25, 0.3) is 33.2 Å². The van der Waals surface area contributed by atoms with E-state index in [1.807, 2.05) is 36.7 Å². The zero-order chi connectivity index (χ0) is 25.6. The van der Waals surface area contributed by atoms with Gasteiger partial charge in [-0.15, -0.1) is 0 Å². The zero-order valence-electron chi connectivity index (χ0n) is 21.2. The van der Waals surface area contributed by atoms with E-state index in [1.54, 1.807) is 13.4 Å². The van der Waals surface area contributed by atoms with Crippen LogP contribution in [0.2, 0.25) is 5.15 Å². The minimum Gasteiger partial charge on any atom is -0.497 e. The molecule has 7 rings (SSSR count). The fourth-order valence-corrected chi connectivity index (χ4v) is 6.02. The first-order valence-electron chi connectivity index (χ1n) is 13.1. The number of rotatable bonds is 6. The number of halogens is 1. The molecule has 0 spiro atoms. The molecule has 0 saturated carbocycles. The van der Waals surface area contributed by atoms with Gasteiger partial charge in [0, 0.05) is 60.0 Å². The van der Waals surface area contributed by atoms with Gasteiger partial charge < -0.3 is 9.72 Å². The van der Waals surface area contributed by atoms with Gasteiger partial charge >= 0.3 is 0 Å². The number of aromatic nitrogens is 6. The Morgan fingerprint density at radius 1 is 1.08 bits per heavy atom. The van der Waals surface area contributed by atoms with Crippen LogP contribution in [0, 0.1) is 0 Å². The van der Waals surface area contributed by atoms with Crippen LogP contribution >= 0.6 is 11.6 Å². The summed E-state index contributed by atoms with van der Waals surface area (Å²) in [5, 5.41) is 7.34. The molecule has 0 unspecified atom stereocenters. The lowest BCUT2D eigenvalue weighted by molar-refractivity contribution is 0.0191. The topological polar surface area (TPSA) is 88.0 Å².